The lowest BCUT2D eigenvalue weighted by molar-refractivity contribution is 0.171. The van der Waals surface area contributed by atoms with Crippen LogP contribution in [-0.2, 0) is 6.42 Å². The molecule has 0 heterocycles. The van der Waals surface area contributed by atoms with Gasteiger partial charge in [-0.2, -0.15) is 0 Å². The summed E-state index contributed by atoms with van der Waals surface area (Å²) < 4.78 is 10.5. The molecule has 3 N–H and O–H groups in total. The Morgan fingerprint density at radius 1 is 1.04 bits per heavy atom. The largest absolute Gasteiger partial charge is 0.508 e. The molecule has 2 aromatic rings. The van der Waals surface area contributed by atoms with E-state index in [1.54, 1.807) is 38.5 Å². The molecule has 0 fully saturated rings. The quantitative estimate of drug-likeness (QED) is 0.652. The second-order valence-electron chi connectivity index (χ2n) is 5.22. The van der Waals surface area contributed by atoms with Crippen molar-refractivity contribution in [1.82, 2.24) is 5.32 Å². The van der Waals surface area contributed by atoms with Crippen molar-refractivity contribution in [3.63, 3.8) is 0 Å². The van der Waals surface area contributed by atoms with Crippen LogP contribution in [0.1, 0.15) is 17.2 Å². The summed E-state index contributed by atoms with van der Waals surface area (Å²) in [6.07, 6.45) is 0.0648. The first-order valence-electron chi connectivity index (χ1n) is 7.53. The maximum absolute atomic E-state index is 10.1. The first-order valence-corrected chi connectivity index (χ1v) is 7.53. The molecule has 2 rings (SSSR count). The van der Waals surface area contributed by atoms with Crippen LogP contribution in [-0.4, -0.2) is 37.5 Å². The van der Waals surface area contributed by atoms with E-state index >= 15 is 0 Å². The van der Waals surface area contributed by atoms with Crippen molar-refractivity contribution in [3.05, 3.63) is 53.6 Å². The fourth-order valence-corrected chi connectivity index (χ4v) is 2.39. The molecule has 0 bridgehead atoms. The van der Waals surface area contributed by atoms with E-state index in [0.29, 0.717) is 30.2 Å². The molecule has 23 heavy (non-hydrogen) atoms. The van der Waals surface area contributed by atoms with Gasteiger partial charge in [0.15, 0.2) is 11.5 Å². The van der Waals surface area contributed by atoms with Gasteiger partial charge < -0.3 is 25.0 Å². The van der Waals surface area contributed by atoms with Crippen LogP contribution < -0.4 is 14.8 Å². The predicted octanol–water partition coefficient (Wildman–Crippen LogP) is 2.28. The van der Waals surface area contributed by atoms with Crippen LogP contribution in [0.5, 0.6) is 17.2 Å². The summed E-state index contributed by atoms with van der Waals surface area (Å²) in [6, 6.07) is 12.6. The molecule has 0 saturated carbocycles. The highest BCUT2D eigenvalue weighted by atomic mass is 16.5. The number of aliphatic hydroxyl groups excluding tert-OH is 1. The zero-order valence-electron chi connectivity index (χ0n) is 13.5. The van der Waals surface area contributed by atoms with E-state index in [2.05, 4.69) is 5.32 Å². The van der Waals surface area contributed by atoms with Crippen molar-refractivity contribution < 1.29 is 19.7 Å². The molecule has 0 spiro atoms. The van der Waals surface area contributed by atoms with Gasteiger partial charge in [0.25, 0.3) is 0 Å². The molecule has 0 aromatic heterocycles. The Hall–Kier alpha value is -2.24. The van der Waals surface area contributed by atoms with Gasteiger partial charge in [0.05, 0.1) is 20.3 Å². The molecular formula is C18H23NO4. The standard InChI is InChI=1S/C18H23NO4/c1-22-17-8-7-13(11-18(17)23-2)9-10-19-12-16(21)14-5-3-4-6-15(14)20/h3-8,11,16,19-21H,9-10,12H2,1-2H3/t16-/m0/s1. The molecule has 5 heteroatoms. The van der Waals surface area contributed by atoms with Crippen LogP contribution in [0.2, 0.25) is 0 Å². The number of hydrogen-bond acceptors (Lipinski definition) is 5. The summed E-state index contributed by atoms with van der Waals surface area (Å²) in [5.41, 5.74) is 1.65. The molecule has 0 unspecified atom stereocenters. The maximum Gasteiger partial charge on any atom is 0.160 e. The third-order valence-corrected chi connectivity index (χ3v) is 3.67. The van der Waals surface area contributed by atoms with Gasteiger partial charge in [-0.25, -0.2) is 0 Å². The zero-order chi connectivity index (χ0) is 16.7. The number of benzene rings is 2. The molecule has 0 aliphatic rings. The number of phenols is 1. The minimum Gasteiger partial charge on any atom is -0.508 e. The number of aromatic hydroxyl groups is 1. The molecule has 0 aliphatic heterocycles. The summed E-state index contributed by atoms with van der Waals surface area (Å²) in [5.74, 6) is 1.53. The average molecular weight is 317 g/mol. The Kier molecular flexibility index (Phi) is 6.26. The van der Waals surface area contributed by atoms with Crippen molar-refractivity contribution in [1.29, 1.82) is 0 Å². The van der Waals surface area contributed by atoms with Gasteiger partial charge in [-0.1, -0.05) is 24.3 Å². The smallest absolute Gasteiger partial charge is 0.160 e. The highest BCUT2D eigenvalue weighted by Gasteiger charge is 2.11. The van der Waals surface area contributed by atoms with Gasteiger partial charge in [0.1, 0.15) is 5.75 Å². The number of para-hydroxylation sites is 1. The fourth-order valence-electron chi connectivity index (χ4n) is 2.39. The number of methoxy groups -OCH3 is 2. The normalized spacial score (nSPS) is 12.0. The topological polar surface area (TPSA) is 71.0 Å². The maximum atomic E-state index is 10.1. The van der Waals surface area contributed by atoms with E-state index in [1.165, 1.54) is 0 Å². The number of nitrogens with one attached hydrogen (secondary N) is 1. The van der Waals surface area contributed by atoms with Crippen molar-refractivity contribution in [2.45, 2.75) is 12.5 Å². The summed E-state index contributed by atoms with van der Waals surface area (Å²) in [6.45, 7) is 1.09. The third kappa shape index (κ3) is 4.61. The first kappa shape index (κ1) is 17.1. The number of rotatable bonds is 8. The second kappa shape index (κ2) is 8.41. The monoisotopic (exact) mass is 317 g/mol. The van der Waals surface area contributed by atoms with Crippen LogP contribution in [0.15, 0.2) is 42.5 Å². The fraction of sp³-hybridized carbons (Fsp3) is 0.333. The van der Waals surface area contributed by atoms with E-state index in [0.717, 1.165) is 12.0 Å². The van der Waals surface area contributed by atoms with Crippen LogP contribution in [0.25, 0.3) is 0 Å². The van der Waals surface area contributed by atoms with E-state index in [4.69, 9.17) is 9.47 Å². The Bertz CT molecular complexity index is 630. The van der Waals surface area contributed by atoms with E-state index in [1.807, 2.05) is 18.2 Å². The highest BCUT2D eigenvalue weighted by molar-refractivity contribution is 5.43. The van der Waals surface area contributed by atoms with Crippen LogP contribution >= 0.6 is 0 Å². The summed E-state index contributed by atoms with van der Waals surface area (Å²) in [5, 5.41) is 23.0. The Morgan fingerprint density at radius 2 is 1.78 bits per heavy atom. The SMILES string of the molecule is COc1ccc(CCNC[C@H](O)c2ccccc2O)cc1OC. The second-order valence-corrected chi connectivity index (χ2v) is 5.22. The first-order chi connectivity index (χ1) is 11.2. The molecule has 5 nitrogen and oxygen atoms in total. The minimum atomic E-state index is -0.735. The number of ether oxygens (including phenoxy) is 2. The Balaban J connectivity index is 1.82. The summed E-state index contributed by atoms with van der Waals surface area (Å²) >= 11 is 0. The van der Waals surface area contributed by atoms with Crippen molar-refractivity contribution in [2.24, 2.45) is 0 Å². The van der Waals surface area contributed by atoms with Gasteiger partial charge in [-0.05, 0) is 36.7 Å². The number of phenolic OH excluding ortho intramolecular Hbond substituents is 1. The lowest BCUT2D eigenvalue weighted by Crippen LogP contribution is -2.23. The molecule has 1 atom stereocenters. The molecule has 2 aromatic carbocycles. The molecule has 0 amide bonds. The Morgan fingerprint density at radius 3 is 2.48 bits per heavy atom. The molecule has 124 valence electrons. The van der Waals surface area contributed by atoms with E-state index in [9.17, 15) is 10.2 Å². The lowest BCUT2D eigenvalue weighted by Gasteiger charge is -2.14. The molecule has 0 saturated heterocycles. The van der Waals surface area contributed by atoms with Crippen LogP contribution in [0, 0.1) is 0 Å². The molecule has 0 radical (unpaired) electrons. The Labute approximate surface area is 136 Å². The van der Waals surface area contributed by atoms with Gasteiger partial charge in [-0.15, -0.1) is 0 Å². The van der Waals surface area contributed by atoms with Gasteiger partial charge in [0.2, 0.25) is 0 Å². The molecular weight excluding hydrogens is 294 g/mol. The minimum absolute atomic E-state index is 0.113. The van der Waals surface area contributed by atoms with Gasteiger partial charge in [-0.3, -0.25) is 0 Å². The van der Waals surface area contributed by atoms with Crippen molar-refractivity contribution in [3.8, 4) is 17.2 Å². The van der Waals surface area contributed by atoms with Crippen LogP contribution in [0.4, 0.5) is 0 Å². The van der Waals surface area contributed by atoms with Crippen molar-refractivity contribution in [2.75, 3.05) is 27.3 Å². The zero-order valence-corrected chi connectivity index (χ0v) is 13.5. The summed E-state index contributed by atoms with van der Waals surface area (Å²) in [7, 11) is 3.22. The highest BCUT2D eigenvalue weighted by Crippen LogP contribution is 2.27. The van der Waals surface area contributed by atoms with Gasteiger partial charge in [0, 0.05) is 12.1 Å². The number of hydrogen-bond donors (Lipinski definition) is 3. The average Bonchev–Trinajstić information content (AvgIpc) is 2.58. The lowest BCUT2D eigenvalue weighted by atomic mass is 10.1. The number of aliphatic hydroxyl groups is 1. The molecule has 0 aliphatic carbocycles. The van der Waals surface area contributed by atoms with E-state index in [-0.39, 0.29) is 5.75 Å². The van der Waals surface area contributed by atoms with Gasteiger partial charge >= 0.3 is 0 Å². The van der Waals surface area contributed by atoms with Crippen molar-refractivity contribution >= 4 is 0 Å². The van der Waals surface area contributed by atoms with Crippen LogP contribution in [0.3, 0.4) is 0 Å². The van der Waals surface area contributed by atoms with E-state index < -0.39 is 6.10 Å². The third-order valence-electron chi connectivity index (χ3n) is 3.67. The summed E-state index contributed by atoms with van der Waals surface area (Å²) in [4.78, 5) is 0. The predicted molar refractivity (Wildman–Crippen MR) is 89.2 cm³/mol.